The van der Waals surface area contributed by atoms with Crippen molar-refractivity contribution in [2.24, 2.45) is 11.3 Å². The second-order valence-corrected chi connectivity index (χ2v) is 7.36. The number of anilines is 1. The second-order valence-electron chi connectivity index (χ2n) is 6.92. The quantitative estimate of drug-likeness (QED) is 0.740. The zero-order chi connectivity index (χ0) is 16.3. The van der Waals surface area contributed by atoms with E-state index in [1.807, 2.05) is 30.3 Å². The Morgan fingerprint density at radius 1 is 1.17 bits per heavy atom. The van der Waals surface area contributed by atoms with E-state index in [0.29, 0.717) is 16.5 Å². The summed E-state index contributed by atoms with van der Waals surface area (Å²) in [6.07, 6.45) is 3.17. The Morgan fingerprint density at radius 3 is 2.58 bits per heavy atom. The Bertz CT molecular complexity index is 944. The summed E-state index contributed by atoms with van der Waals surface area (Å²) in [5.74, 6) is 1.50. The standard InChI is InChI=1S/C19H15ClN2O2/c20-13-3-6-16-15(7-13)22-17(24-16)12-1-4-14(5-2-12)21-18(23)19-8-11(9-19)10-19/h1-7,11H,8-10H2,(H,21,23). The number of fused-ring (bicyclic) bond motifs is 1. The van der Waals surface area contributed by atoms with Crippen LogP contribution >= 0.6 is 11.6 Å². The molecule has 0 aliphatic heterocycles. The normalized spacial score (nSPS) is 24.3. The van der Waals surface area contributed by atoms with Gasteiger partial charge >= 0.3 is 0 Å². The van der Waals surface area contributed by atoms with Gasteiger partial charge in [-0.3, -0.25) is 4.79 Å². The van der Waals surface area contributed by atoms with Crippen molar-refractivity contribution in [3.8, 4) is 11.5 Å². The van der Waals surface area contributed by atoms with Crippen molar-refractivity contribution in [2.45, 2.75) is 19.3 Å². The first-order chi connectivity index (χ1) is 11.6. The number of nitrogens with zero attached hydrogens (tertiary/aromatic N) is 1. The van der Waals surface area contributed by atoms with E-state index < -0.39 is 0 Å². The molecule has 1 N–H and O–H groups in total. The first-order valence-corrected chi connectivity index (χ1v) is 8.47. The highest BCUT2D eigenvalue weighted by molar-refractivity contribution is 6.31. The van der Waals surface area contributed by atoms with Crippen LogP contribution in [0.25, 0.3) is 22.6 Å². The first-order valence-electron chi connectivity index (χ1n) is 8.09. The molecule has 3 saturated carbocycles. The third kappa shape index (κ3) is 2.06. The summed E-state index contributed by atoms with van der Waals surface area (Å²) in [5.41, 5.74) is 3.05. The fourth-order valence-electron chi connectivity index (χ4n) is 3.74. The van der Waals surface area contributed by atoms with Crippen LogP contribution in [0.15, 0.2) is 46.9 Å². The summed E-state index contributed by atoms with van der Waals surface area (Å²) in [5, 5.41) is 3.66. The van der Waals surface area contributed by atoms with E-state index in [2.05, 4.69) is 10.3 Å². The molecule has 5 heteroatoms. The molecule has 2 bridgehead atoms. The van der Waals surface area contributed by atoms with E-state index >= 15 is 0 Å². The van der Waals surface area contributed by atoms with Gasteiger partial charge in [-0.1, -0.05) is 11.6 Å². The van der Waals surface area contributed by atoms with Crippen LogP contribution in [0.5, 0.6) is 0 Å². The van der Waals surface area contributed by atoms with E-state index in [0.717, 1.165) is 41.9 Å². The molecule has 2 aromatic carbocycles. The molecular formula is C19H15ClN2O2. The lowest BCUT2D eigenvalue weighted by molar-refractivity contribution is -0.158. The van der Waals surface area contributed by atoms with Crippen molar-refractivity contribution in [2.75, 3.05) is 5.32 Å². The van der Waals surface area contributed by atoms with Crippen LogP contribution in [0.2, 0.25) is 5.02 Å². The molecule has 0 unspecified atom stereocenters. The molecular weight excluding hydrogens is 324 g/mol. The molecule has 3 aliphatic carbocycles. The maximum Gasteiger partial charge on any atom is 0.230 e. The van der Waals surface area contributed by atoms with Gasteiger partial charge in [-0.2, -0.15) is 0 Å². The minimum Gasteiger partial charge on any atom is -0.436 e. The van der Waals surface area contributed by atoms with Gasteiger partial charge in [0, 0.05) is 16.3 Å². The van der Waals surface area contributed by atoms with E-state index in [1.54, 1.807) is 12.1 Å². The van der Waals surface area contributed by atoms with Crippen LogP contribution in [0.3, 0.4) is 0 Å². The Labute approximate surface area is 143 Å². The summed E-state index contributed by atoms with van der Waals surface area (Å²) in [7, 11) is 0. The molecule has 4 nitrogen and oxygen atoms in total. The average Bonchev–Trinajstić information content (AvgIpc) is 2.87. The maximum absolute atomic E-state index is 12.3. The molecule has 0 atom stereocenters. The number of carbonyl (C=O) groups excluding carboxylic acids is 1. The third-order valence-electron chi connectivity index (χ3n) is 5.26. The lowest BCUT2D eigenvalue weighted by Gasteiger charge is -2.60. The van der Waals surface area contributed by atoms with Gasteiger partial charge in [-0.25, -0.2) is 4.98 Å². The number of amides is 1. The summed E-state index contributed by atoms with van der Waals surface area (Å²) >= 11 is 5.98. The molecule has 1 aromatic heterocycles. The van der Waals surface area contributed by atoms with Crippen LogP contribution in [-0.2, 0) is 4.79 Å². The largest absolute Gasteiger partial charge is 0.436 e. The number of benzene rings is 2. The number of hydrogen-bond donors (Lipinski definition) is 1. The van der Waals surface area contributed by atoms with Crippen molar-refractivity contribution in [3.63, 3.8) is 0 Å². The van der Waals surface area contributed by atoms with Gasteiger partial charge in [-0.05, 0) is 67.6 Å². The van der Waals surface area contributed by atoms with Gasteiger partial charge in [0.15, 0.2) is 5.58 Å². The summed E-state index contributed by atoms with van der Waals surface area (Å²) in [4.78, 5) is 16.8. The van der Waals surface area contributed by atoms with Crippen molar-refractivity contribution >= 4 is 34.3 Å². The smallest absolute Gasteiger partial charge is 0.230 e. The van der Waals surface area contributed by atoms with E-state index in [-0.39, 0.29) is 11.3 Å². The fraction of sp³-hybridized carbons (Fsp3) is 0.263. The number of carbonyl (C=O) groups is 1. The predicted octanol–water partition coefficient (Wildman–Crippen LogP) is 4.89. The molecule has 1 amide bonds. The topological polar surface area (TPSA) is 55.1 Å². The third-order valence-corrected chi connectivity index (χ3v) is 5.49. The highest BCUT2D eigenvalue weighted by Gasteiger charge is 2.61. The fourth-order valence-corrected chi connectivity index (χ4v) is 3.91. The monoisotopic (exact) mass is 338 g/mol. The first kappa shape index (κ1) is 14.1. The van der Waals surface area contributed by atoms with Crippen molar-refractivity contribution < 1.29 is 9.21 Å². The van der Waals surface area contributed by atoms with Gasteiger partial charge < -0.3 is 9.73 Å². The highest BCUT2D eigenvalue weighted by Crippen LogP contribution is 2.64. The van der Waals surface area contributed by atoms with Crippen molar-refractivity contribution in [1.29, 1.82) is 0 Å². The van der Waals surface area contributed by atoms with Gasteiger partial charge in [0.25, 0.3) is 0 Å². The average molecular weight is 339 g/mol. The molecule has 0 spiro atoms. The lowest BCUT2D eigenvalue weighted by atomic mass is 9.44. The molecule has 3 fully saturated rings. The maximum atomic E-state index is 12.3. The lowest BCUT2D eigenvalue weighted by Crippen LogP contribution is -2.58. The molecule has 3 aliphatic rings. The highest BCUT2D eigenvalue weighted by atomic mass is 35.5. The number of nitrogens with one attached hydrogen (secondary N) is 1. The van der Waals surface area contributed by atoms with Crippen LogP contribution in [0.1, 0.15) is 19.3 Å². The van der Waals surface area contributed by atoms with Crippen LogP contribution in [-0.4, -0.2) is 10.9 Å². The number of oxazole rings is 1. The van der Waals surface area contributed by atoms with E-state index in [1.165, 1.54) is 0 Å². The molecule has 6 rings (SSSR count). The second kappa shape index (κ2) is 4.84. The Balaban J connectivity index is 1.37. The zero-order valence-electron chi connectivity index (χ0n) is 12.9. The summed E-state index contributed by atoms with van der Waals surface area (Å²) in [6.45, 7) is 0. The van der Waals surface area contributed by atoms with E-state index in [9.17, 15) is 4.79 Å². The van der Waals surface area contributed by atoms with Gasteiger partial charge in [-0.15, -0.1) is 0 Å². The Hall–Kier alpha value is -2.33. The SMILES string of the molecule is O=C(Nc1ccc(-c2nc3cc(Cl)ccc3o2)cc1)C12CC(C1)C2. The number of rotatable bonds is 3. The Kier molecular flexibility index (Phi) is 2.83. The van der Waals surface area contributed by atoms with Crippen LogP contribution in [0.4, 0.5) is 5.69 Å². The molecule has 24 heavy (non-hydrogen) atoms. The van der Waals surface area contributed by atoms with Gasteiger partial charge in [0.1, 0.15) is 5.52 Å². The van der Waals surface area contributed by atoms with Crippen molar-refractivity contribution in [3.05, 3.63) is 47.5 Å². The number of hydrogen-bond acceptors (Lipinski definition) is 3. The summed E-state index contributed by atoms with van der Waals surface area (Å²) in [6, 6.07) is 13.0. The zero-order valence-corrected chi connectivity index (χ0v) is 13.6. The molecule has 120 valence electrons. The number of aromatic nitrogens is 1. The van der Waals surface area contributed by atoms with Gasteiger partial charge in [0.05, 0.1) is 5.41 Å². The minimum atomic E-state index is -0.0666. The van der Waals surface area contributed by atoms with Crippen molar-refractivity contribution in [1.82, 2.24) is 4.98 Å². The summed E-state index contributed by atoms with van der Waals surface area (Å²) < 4.78 is 5.76. The van der Waals surface area contributed by atoms with Crippen LogP contribution in [0, 0.1) is 11.3 Å². The molecule has 1 heterocycles. The predicted molar refractivity (Wildman–Crippen MR) is 92.9 cm³/mol. The Morgan fingerprint density at radius 2 is 1.92 bits per heavy atom. The van der Waals surface area contributed by atoms with Gasteiger partial charge in [0.2, 0.25) is 11.8 Å². The molecule has 0 radical (unpaired) electrons. The number of halogens is 1. The van der Waals surface area contributed by atoms with E-state index in [4.69, 9.17) is 16.0 Å². The molecule has 0 saturated heterocycles. The minimum absolute atomic E-state index is 0.0666. The van der Waals surface area contributed by atoms with Crippen LogP contribution < -0.4 is 5.32 Å². The molecule has 3 aromatic rings.